The fraction of sp³-hybridized carbons (Fsp3) is 0.118. The average molecular weight is 466 g/mol. The maximum Gasteiger partial charge on any atom is 0.276 e. The molecule has 0 atom stereocenters. The molecule has 4 rings (SSSR count). The van der Waals surface area contributed by atoms with E-state index in [9.17, 15) is 13.2 Å². The van der Waals surface area contributed by atoms with Gasteiger partial charge in [0.1, 0.15) is 4.90 Å². The van der Waals surface area contributed by atoms with Crippen molar-refractivity contribution in [1.82, 2.24) is 14.5 Å². The van der Waals surface area contributed by atoms with Gasteiger partial charge in [0.15, 0.2) is 0 Å². The van der Waals surface area contributed by atoms with E-state index in [1.807, 2.05) is 24.3 Å². The highest BCUT2D eigenvalue weighted by molar-refractivity contribution is 9.10. The van der Waals surface area contributed by atoms with Crippen LogP contribution in [0.3, 0.4) is 0 Å². The zero-order chi connectivity index (χ0) is 19.0. The first kappa shape index (κ1) is 18.2. The molecule has 0 fully saturated rings. The second-order valence-corrected chi connectivity index (χ2v) is 9.31. The second kappa shape index (κ2) is 7.10. The lowest BCUT2D eigenvalue weighted by Crippen LogP contribution is -2.32. The van der Waals surface area contributed by atoms with Gasteiger partial charge in [0.05, 0.1) is 11.1 Å². The first-order valence-corrected chi connectivity index (χ1v) is 11.1. The van der Waals surface area contributed by atoms with Crippen molar-refractivity contribution in [3.05, 3.63) is 58.6 Å². The van der Waals surface area contributed by atoms with E-state index >= 15 is 0 Å². The molecule has 0 radical (unpaired) electrons. The Morgan fingerprint density at radius 1 is 1.04 bits per heavy atom. The normalized spacial score (nSPS) is 15.1. The molecule has 0 saturated carbocycles. The highest BCUT2D eigenvalue weighted by Crippen LogP contribution is 2.31. The molecule has 0 aliphatic carbocycles. The Morgan fingerprint density at radius 3 is 2.48 bits per heavy atom. The summed E-state index contributed by atoms with van der Waals surface area (Å²) >= 11 is 4.62. The van der Waals surface area contributed by atoms with Gasteiger partial charge in [0.25, 0.3) is 21.2 Å². The third-order valence-corrected chi connectivity index (χ3v) is 7.27. The van der Waals surface area contributed by atoms with Crippen LogP contribution in [-0.2, 0) is 10.0 Å². The van der Waals surface area contributed by atoms with Gasteiger partial charge < -0.3 is 4.42 Å². The van der Waals surface area contributed by atoms with Crippen molar-refractivity contribution in [2.24, 2.45) is 0 Å². The van der Waals surface area contributed by atoms with E-state index in [1.54, 1.807) is 12.1 Å². The first-order chi connectivity index (χ1) is 13.0. The lowest BCUT2D eigenvalue weighted by molar-refractivity contribution is 0.0876. The van der Waals surface area contributed by atoms with Gasteiger partial charge in [0.2, 0.25) is 5.89 Å². The Bertz CT molecular complexity index is 1130. The van der Waals surface area contributed by atoms with Crippen LogP contribution in [-0.4, -0.2) is 41.1 Å². The van der Waals surface area contributed by atoms with Crippen molar-refractivity contribution in [1.29, 1.82) is 0 Å². The summed E-state index contributed by atoms with van der Waals surface area (Å²) in [4.78, 5) is 12.4. The SMILES string of the molecule is O=C1c2ccccc2S(=O)(=O)N1CCSc1nnc(-c2ccccc2Br)o1. The minimum atomic E-state index is -3.80. The molecule has 27 heavy (non-hydrogen) atoms. The molecule has 7 nitrogen and oxygen atoms in total. The monoisotopic (exact) mass is 465 g/mol. The summed E-state index contributed by atoms with van der Waals surface area (Å²) < 4.78 is 32.3. The summed E-state index contributed by atoms with van der Waals surface area (Å²) in [6.07, 6.45) is 0. The van der Waals surface area contributed by atoms with E-state index in [0.29, 0.717) is 16.9 Å². The van der Waals surface area contributed by atoms with Gasteiger partial charge in [-0.1, -0.05) is 36.0 Å². The minimum absolute atomic E-state index is 0.0211. The van der Waals surface area contributed by atoms with Gasteiger partial charge in [-0.3, -0.25) is 4.79 Å². The third-order valence-electron chi connectivity index (χ3n) is 3.94. The van der Waals surface area contributed by atoms with Crippen LogP contribution >= 0.6 is 27.7 Å². The summed E-state index contributed by atoms with van der Waals surface area (Å²) in [5.41, 5.74) is 0.973. The smallest absolute Gasteiger partial charge is 0.276 e. The molecule has 3 aromatic rings. The van der Waals surface area contributed by atoms with Crippen LogP contribution in [0.2, 0.25) is 0 Å². The number of sulfonamides is 1. The molecule has 1 aliphatic rings. The number of aromatic nitrogens is 2. The van der Waals surface area contributed by atoms with Crippen LogP contribution in [0, 0.1) is 0 Å². The highest BCUT2D eigenvalue weighted by atomic mass is 79.9. The van der Waals surface area contributed by atoms with Crippen molar-refractivity contribution < 1.29 is 17.6 Å². The summed E-state index contributed by atoms with van der Waals surface area (Å²) in [5.74, 6) is 0.157. The summed E-state index contributed by atoms with van der Waals surface area (Å²) in [6, 6.07) is 13.7. The Hall–Kier alpha value is -2.17. The zero-order valence-electron chi connectivity index (χ0n) is 13.7. The van der Waals surface area contributed by atoms with E-state index < -0.39 is 15.9 Å². The quantitative estimate of drug-likeness (QED) is 0.532. The molecule has 138 valence electrons. The van der Waals surface area contributed by atoms with E-state index in [2.05, 4.69) is 26.1 Å². The van der Waals surface area contributed by atoms with E-state index in [4.69, 9.17) is 4.42 Å². The Balaban J connectivity index is 1.44. The van der Waals surface area contributed by atoms with Gasteiger partial charge in [-0.2, -0.15) is 0 Å². The molecule has 2 heterocycles. The number of hydrogen-bond donors (Lipinski definition) is 0. The van der Waals surface area contributed by atoms with Crippen molar-refractivity contribution in [2.45, 2.75) is 10.1 Å². The van der Waals surface area contributed by atoms with Crippen molar-refractivity contribution >= 4 is 43.6 Å². The van der Waals surface area contributed by atoms with Gasteiger partial charge in [-0.05, 0) is 40.2 Å². The molecule has 0 unspecified atom stereocenters. The van der Waals surface area contributed by atoms with Gasteiger partial charge in [-0.25, -0.2) is 12.7 Å². The molecule has 0 bridgehead atoms. The fourth-order valence-corrected chi connectivity index (χ4v) is 5.50. The van der Waals surface area contributed by atoms with Gasteiger partial charge in [0, 0.05) is 16.8 Å². The van der Waals surface area contributed by atoms with E-state index in [-0.39, 0.29) is 17.0 Å². The van der Waals surface area contributed by atoms with E-state index in [0.717, 1.165) is 14.3 Å². The molecule has 0 spiro atoms. The van der Waals surface area contributed by atoms with Crippen LogP contribution in [0.4, 0.5) is 0 Å². The highest BCUT2D eigenvalue weighted by Gasteiger charge is 2.40. The maximum atomic E-state index is 12.5. The van der Waals surface area contributed by atoms with Crippen LogP contribution in [0.5, 0.6) is 0 Å². The Morgan fingerprint density at radius 2 is 1.74 bits per heavy atom. The number of carbonyl (C=O) groups excluding carboxylic acids is 1. The van der Waals surface area contributed by atoms with Crippen molar-refractivity contribution in [3.8, 4) is 11.5 Å². The average Bonchev–Trinajstić information content (AvgIpc) is 3.20. The van der Waals surface area contributed by atoms with E-state index in [1.165, 1.54) is 23.9 Å². The molecule has 1 aliphatic heterocycles. The topological polar surface area (TPSA) is 93.4 Å². The molecule has 0 N–H and O–H groups in total. The Labute approximate surface area is 168 Å². The van der Waals surface area contributed by atoms with Gasteiger partial charge in [-0.15, -0.1) is 10.2 Å². The van der Waals surface area contributed by atoms with Gasteiger partial charge >= 0.3 is 0 Å². The minimum Gasteiger partial charge on any atom is -0.411 e. The third kappa shape index (κ3) is 3.28. The van der Waals surface area contributed by atoms with Crippen molar-refractivity contribution in [2.75, 3.05) is 12.3 Å². The number of hydrogen-bond acceptors (Lipinski definition) is 7. The predicted octanol–water partition coefficient (Wildman–Crippen LogP) is 3.44. The number of carbonyl (C=O) groups is 1. The number of amides is 1. The zero-order valence-corrected chi connectivity index (χ0v) is 16.9. The van der Waals surface area contributed by atoms with Crippen LogP contribution in [0.25, 0.3) is 11.5 Å². The second-order valence-electron chi connectivity index (χ2n) is 5.58. The number of halogens is 1. The lowest BCUT2D eigenvalue weighted by atomic mass is 10.2. The number of fused-ring (bicyclic) bond motifs is 1. The Kier molecular flexibility index (Phi) is 4.79. The van der Waals surface area contributed by atoms with Crippen LogP contribution < -0.4 is 0 Å². The molecular weight excluding hydrogens is 454 g/mol. The van der Waals surface area contributed by atoms with Crippen molar-refractivity contribution in [3.63, 3.8) is 0 Å². The number of nitrogens with zero attached hydrogens (tertiary/aromatic N) is 3. The molecule has 1 amide bonds. The summed E-state index contributed by atoms with van der Waals surface area (Å²) in [7, 11) is -3.80. The number of rotatable bonds is 5. The lowest BCUT2D eigenvalue weighted by Gasteiger charge is -2.13. The standard InChI is InChI=1S/C17H12BrN3O4S2/c18-13-7-3-1-5-11(13)15-19-20-17(25-15)26-10-9-21-16(22)12-6-2-4-8-14(12)27(21,23)24/h1-8H,9-10H2. The number of benzene rings is 2. The van der Waals surface area contributed by atoms with Crippen LogP contribution in [0.1, 0.15) is 10.4 Å². The van der Waals surface area contributed by atoms with Crippen LogP contribution in [0.15, 0.2) is 67.5 Å². The first-order valence-electron chi connectivity index (χ1n) is 7.86. The summed E-state index contributed by atoms with van der Waals surface area (Å²) in [5, 5.41) is 8.28. The predicted molar refractivity (Wildman–Crippen MR) is 103 cm³/mol. The molecule has 2 aromatic carbocycles. The largest absolute Gasteiger partial charge is 0.411 e. The molecule has 10 heteroatoms. The number of thioether (sulfide) groups is 1. The fourth-order valence-electron chi connectivity index (χ4n) is 2.68. The molecule has 0 saturated heterocycles. The summed E-state index contributed by atoms with van der Waals surface area (Å²) in [6.45, 7) is 0.0211. The molecule has 1 aromatic heterocycles. The maximum absolute atomic E-state index is 12.5. The molecular formula is C17H12BrN3O4S2.